The molecule has 1 heterocycles. The highest BCUT2D eigenvalue weighted by atomic mass is 19.4. The lowest BCUT2D eigenvalue weighted by Gasteiger charge is -2.16. The van der Waals surface area contributed by atoms with Crippen LogP contribution in [0.1, 0.15) is 17.2 Å². The van der Waals surface area contributed by atoms with Gasteiger partial charge in [0.25, 0.3) is 0 Å². The summed E-state index contributed by atoms with van der Waals surface area (Å²) in [5, 5.41) is 4.62. The number of alkyl halides is 3. The second-order valence-corrected chi connectivity index (χ2v) is 3.64. The quantitative estimate of drug-likeness (QED) is 0.735. The number of amides is 2. The third-order valence-electron chi connectivity index (χ3n) is 2.47. The molecule has 1 fully saturated rings. The van der Waals surface area contributed by atoms with Gasteiger partial charge in [0, 0.05) is 6.54 Å². The molecule has 2 N–H and O–H groups in total. The zero-order valence-corrected chi connectivity index (χ0v) is 8.44. The van der Waals surface area contributed by atoms with Gasteiger partial charge < -0.3 is 10.6 Å². The predicted molar refractivity (Wildman–Crippen MR) is 50.7 cm³/mol. The molecule has 0 spiro atoms. The van der Waals surface area contributed by atoms with Gasteiger partial charge in [0.1, 0.15) is 5.82 Å². The number of halogens is 4. The molecule has 92 valence electrons. The fourth-order valence-electron chi connectivity index (χ4n) is 1.72. The third kappa shape index (κ3) is 2.32. The third-order valence-corrected chi connectivity index (χ3v) is 2.47. The number of carbonyl (C=O) groups excluding carboxylic acids is 1. The summed E-state index contributed by atoms with van der Waals surface area (Å²) >= 11 is 0. The summed E-state index contributed by atoms with van der Waals surface area (Å²) < 4.78 is 51.0. The first kappa shape index (κ1) is 11.7. The van der Waals surface area contributed by atoms with E-state index in [1.54, 1.807) is 0 Å². The van der Waals surface area contributed by atoms with Crippen molar-refractivity contribution in [3.8, 4) is 0 Å². The highest BCUT2D eigenvalue weighted by Crippen LogP contribution is 2.35. The summed E-state index contributed by atoms with van der Waals surface area (Å²) in [4.78, 5) is 10.9. The highest BCUT2D eigenvalue weighted by molar-refractivity contribution is 5.77. The van der Waals surface area contributed by atoms with Crippen molar-refractivity contribution in [3.63, 3.8) is 0 Å². The van der Waals surface area contributed by atoms with Gasteiger partial charge in [-0.15, -0.1) is 0 Å². The molecule has 0 radical (unpaired) electrons. The Balaban J connectivity index is 2.44. The minimum Gasteiger partial charge on any atom is -0.336 e. The van der Waals surface area contributed by atoms with Crippen LogP contribution in [-0.4, -0.2) is 12.6 Å². The van der Waals surface area contributed by atoms with E-state index in [9.17, 15) is 22.4 Å². The van der Waals surface area contributed by atoms with Gasteiger partial charge in [-0.25, -0.2) is 9.18 Å². The van der Waals surface area contributed by atoms with E-state index in [1.165, 1.54) is 0 Å². The summed E-state index contributed by atoms with van der Waals surface area (Å²) in [5.74, 6) is -0.769. The van der Waals surface area contributed by atoms with Crippen LogP contribution in [0.2, 0.25) is 0 Å². The van der Waals surface area contributed by atoms with E-state index < -0.39 is 29.6 Å². The molecule has 2 amide bonds. The minimum absolute atomic E-state index is 0.00532. The van der Waals surface area contributed by atoms with Crippen molar-refractivity contribution >= 4 is 6.03 Å². The lowest BCUT2D eigenvalue weighted by Crippen LogP contribution is -2.23. The number of nitrogens with one attached hydrogen (secondary N) is 2. The van der Waals surface area contributed by atoms with E-state index in [0.717, 1.165) is 12.1 Å². The van der Waals surface area contributed by atoms with Crippen LogP contribution in [0.5, 0.6) is 0 Å². The maximum atomic E-state index is 13.0. The first-order valence-corrected chi connectivity index (χ1v) is 4.79. The molecular formula is C10H8F4N2O. The lowest BCUT2D eigenvalue weighted by atomic mass is 10.0. The molecule has 3 nitrogen and oxygen atoms in total. The Morgan fingerprint density at radius 1 is 1.29 bits per heavy atom. The van der Waals surface area contributed by atoms with Gasteiger partial charge in [-0.2, -0.15) is 13.2 Å². The fraction of sp³-hybridized carbons (Fsp3) is 0.300. The summed E-state index contributed by atoms with van der Waals surface area (Å²) in [7, 11) is 0. The Hall–Kier alpha value is -1.79. The van der Waals surface area contributed by atoms with Crippen LogP contribution in [0.15, 0.2) is 18.2 Å². The minimum atomic E-state index is -4.57. The van der Waals surface area contributed by atoms with E-state index in [1.807, 2.05) is 0 Å². The van der Waals surface area contributed by atoms with Crippen molar-refractivity contribution in [1.29, 1.82) is 0 Å². The molecule has 0 bridgehead atoms. The van der Waals surface area contributed by atoms with Crippen LogP contribution in [-0.2, 0) is 6.18 Å². The Bertz CT molecular complexity index is 458. The molecule has 1 aromatic carbocycles. The van der Waals surface area contributed by atoms with E-state index >= 15 is 0 Å². The lowest BCUT2D eigenvalue weighted by molar-refractivity contribution is -0.138. The van der Waals surface area contributed by atoms with E-state index in [4.69, 9.17) is 0 Å². The van der Waals surface area contributed by atoms with Crippen molar-refractivity contribution in [1.82, 2.24) is 10.6 Å². The smallest absolute Gasteiger partial charge is 0.336 e. The first-order chi connectivity index (χ1) is 7.88. The van der Waals surface area contributed by atoms with Crippen LogP contribution < -0.4 is 10.6 Å². The highest BCUT2D eigenvalue weighted by Gasteiger charge is 2.37. The SMILES string of the molecule is O=C1NC[C@H](c2cc(F)ccc2C(F)(F)F)N1. The van der Waals surface area contributed by atoms with Crippen molar-refractivity contribution in [2.24, 2.45) is 0 Å². The Kier molecular flexibility index (Phi) is 2.68. The summed E-state index contributed by atoms with van der Waals surface area (Å²) in [5.41, 5.74) is -1.20. The molecule has 0 aromatic heterocycles. The summed E-state index contributed by atoms with van der Waals surface area (Å²) in [6, 6.07) is 0.786. The number of carbonyl (C=O) groups is 1. The fourth-order valence-corrected chi connectivity index (χ4v) is 1.72. The van der Waals surface area contributed by atoms with Crippen molar-refractivity contribution in [2.45, 2.75) is 12.2 Å². The number of benzene rings is 1. The van der Waals surface area contributed by atoms with Gasteiger partial charge in [0.05, 0.1) is 11.6 Å². The molecular weight excluding hydrogens is 240 g/mol. The summed E-state index contributed by atoms with van der Waals surface area (Å²) in [6.07, 6.45) is -4.57. The zero-order chi connectivity index (χ0) is 12.6. The van der Waals surface area contributed by atoms with Gasteiger partial charge in [-0.05, 0) is 23.8 Å². The largest absolute Gasteiger partial charge is 0.416 e. The Labute approximate surface area is 93.8 Å². The second kappa shape index (κ2) is 3.90. The zero-order valence-electron chi connectivity index (χ0n) is 8.44. The average molecular weight is 248 g/mol. The predicted octanol–water partition coefficient (Wildman–Crippen LogP) is 2.20. The van der Waals surface area contributed by atoms with Crippen LogP contribution >= 0.6 is 0 Å². The van der Waals surface area contributed by atoms with E-state index in [2.05, 4.69) is 10.6 Å². The Morgan fingerprint density at radius 2 is 2.00 bits per heavy atom. The molecule has 0 saturated carbocycles. The normalized spacial score (nSPS) is 20.0. The monoisotopic (exact) mass is 248 g/mol. The number of rotatable bonds is 1. The van der Waals surface area contributed by atoms with Crippen LogP contribution in [0, 0.1) is 5.82 Å². The van der Waals surface area contributed by atoms with Crippen LogP contribution in [0.3, 0.4) is 0 Å². The molecule has 0 unspecified atom stereocenters. The van der Waals surface area contributed by atoms with Gasteiger partial charge >= 0.3 is 12.2 Å². The molecule has 0 aliphatic carbocycles. The number of urea groups is 1. The standard InChI is InChI=1S/C10H8F4N2O/c11-5-1-2-7(10(12,13)14)6(3-5)8-4-15-9(17)16-8/h1-3,8H,4H2,(H2,15,16,17)/t8-/m1/s1. The van der Waals surface area contributed by atoms with Gasteiger partial charge in [0.2, 0.25) is 0 Å². The van der Waals surface area contributed by atoms with Gasteiger partial charge in [-0.1, -0.05) is 0 Å². The van der Waals surface area contributed by atoms with E-state index in [0.29, 0.717) is 6.07 Å². The molecule has 1 saturated heterocycles. The topological polar surface area (TPSA) is 41.1 Å². The Morgan fingerprint density at radius 3 is 2.53 bits per heavy atom. The van der Waals surface area contributed by atoms with Crippen LogP contribution in [0.25, 0.3) is 0 Å². The average Bonchev–Trinajstić information content (AvgIpc) is 2.62. The van der Waals surface area contributed by atoms with Gasteiger partial charge in [0.15, 0.2) is 0 Å². The summed E-state index contributed by atoms with van der Waals surface area (Å²) in [6.45, 7) is 0.00532. The molecule has 1 atom stereocenters. The molecule has 17 heavy (non-hydrogen) atoms. The molecule has 1 aromatic rings. The van der Waals surface area contributed by atoms with Crippen molar-refractivity contribution < 1.29 is 22.4 Å². The number of hydrogen-bond acceptors (Lipinski definition) is 1. The van der Waals surface area contributed by atoms with E-state index in [-0.39, 0.29) is 12.1 Å². The molecule has 1 aliphatic rings. The molecule has 7 heteroatoms. The van der Waals surface area contributed by atoms with Gasteiger partial charge in [-0.3, -0.25) is 0 Å². The van der Waals surface area contributed by atoms with Crippen molar-refractivity contribution in [3.05, 3.63) is 35.1 Å². The van der Waals surface area contributed by atoms with Crippen molar-refractivity contribution in [2.75, 3.05) is 6.54 Å². The second-order valence-electron chi connectivity index (χ2n) is 3.64. The maximum absolute atomic E-state index is 13.0. The maximum Gasteiger partial charge on any atom is 0.416 e. The van der Waals surface area contributed by atoms with Crippen LogP contribution in [0.4, 0.5) is 22.4 Å². The first-order valence-electron chi connectivity index (χ1n) is 4.79. The number of hydrogen-bond donors (Lipinski definition) is 2. The molecule has 1 aliphatic heterocycles. The molecule has 2 rings (SSSR count).